The molecule has 1 aliphatic heterocycles. The maximum absolute atomic E-state index is 13.2. The van der Waals surface area contributed by atoms with Crippen LogP contribution in [0.3, 0.4) is 0 Å². The minimum atomic E-state index is -0.820. The molecule has 1 aromatic heterocycles. The summed E-state index contributed by atoms with van der Waals surface area (Å²) < 4.78 is 24.4. The quantitative estimate of drug-likeness (QED) is 0.771. The van der Waals surface area contributed by atoms with Crippen molar-refractivity contribution in [1.82, 2.24) is 10.3 Å². The van der Waals surface area contributed by atoms with Crippen LogP contribution in [0.15, 0.2) is 30.3 Å². The van der Waals surface area contributed by atoms with E-state index in [0.717, 1.165) is 0 Å². The second-order valence-corrected chi connectivity index (χ2v) is 7.81. The minimum absolute atomic E-state index is 0.206. The Bertz CT molecular complexity index is 849. The summed E-state index contributed by atoms with van der Waals surface area (Å²) >= 11 is 6.20. The van der Waals surface area contributed by atoms with Gasteiger partial charge >= 0.3 is 6.09 Å². The molecule has 138 valence electrons. The molecule has 3 rings (SSSR count). The minimum Gasteiger partial charge on any atom is -0.488 e. The lowest BCUT2D eigenvalue weighted by molar-refractivity contribution is 0.0447. The number of aromatic nitrogens is 1. The summed E-state index contributed by atoms with van der Waals surface area (Å²) in [4.78, 5) is 16.6. The molecule has 0 unspecified atom stereocenters. The summed E-state index contributed by atoms with van der Waals surface area (Å²) in [6, 6.07) is 7.56. The summed E-state index contributed by atoms with van der Waals surface area (Å²) in [6.45, 7) is 7.41. The number of benzene rings is 1. The molecule has 2 heterocycles. The molecule has 0 radical (unpaired) electrons. The van der Waals surface area contributed by atoms with E-state index in [-0.39, 0.29) is 17.6 Å². The third kappa shape index (κ3) is 3.75. The molecule has 0 saturated carbocycles. The standard InChI is InChI=1S/C19H20ClFN2O3/c1-18(2,3)26-17(24)23-19(4)10-25-16-13(19)9-14(20)22-15(16)11-5-7-12(21)8-6-11/h5-9H,10H2,1-4H3,(H,23,24)/t19-/m0/s1. The highest BCUT2D eigenvalue weighted by Gasteiger charge is 2.41. The van der Waals surface area contributed by atoms with E-state index in [1.165, 1.54) is 12.1 Å². The second-order valence-electron chi connectivity index (χ2n) is 7.42. The highest BCUT2D eigenvalue weighted by molar-refractivity contribution is 6.29. The number of halogens is 2. The van der Waals surface area contributed by atoms with Crippen molar-refractivity contribution in [3.05, 3.63) is 46.9 Å². The van der Waals surface area contributed by atoms with Crippen LogP contribution < -0.4 is 10.1 Å². The molecule has 1 aromatic carbocycles. The molecule has 1 N–H and O–H groups in total. The fraction of sp³-hybridized carbons (Fsp3) is 0.368. The van der Waals surface area contributed by atoms with Gasteiger partial charge in [0.15, 0.2) is 5.75 Å². The van der Waals surface area contributed by atoms with E-state index in [2.05, 4.69) is 10.3 Å². The van der Waals surface area contributed by atoms with Crippen LogP contribution in [0.4, 0.5) is 9.18 Å². The Labute approximate surface area is 156 Å². The molecule has 1 atom stereocenters. The van der Waals surface area contributed by atoms with E-state index in [9.17, 15) is 9.18 Å². The van der Waals surface area contributed by atoms with E-state index in [0.29, 0.717) is 22.6 Å². The van der Waals surface area contributed by atoms with Gasteiger partial charge in [0.2, 0.25) is 0 Å². The van der Waals surface area contributed by atoms with Crippen LogP contribution in [-0.4, -0.2) is 23.3 Å². The number of ether oxygens (including phenoxy) is 2. The van der Waals surface area contributed by atoms with E-state index >= 15 is 0 Å². The Balaban J connectivity index is 1.98. The highest BCUT2D eigenvalue weighted by Crippen LogP contribution is 2.44. The van der Waals surface area contributed by atoms with Gasteiger partial charge < -0.3 is 14.8 Å². The van der Waals surface area contributed by atoms with Crippen LogP contribution in [0.1, 0.15) is 33.3 Å². The average molecular weight is 379 g/mol. The van der Waals surface area contributed by atoms with Gasteiger partial charge in [0, 0.05) is 11.1 Å². The number of carbonyl (C=O) groups is 1. The number of amides is 1. The number of nitrogens with zero attached hydrogens (tertiary/aromatic N) is 1. The third-order valence-corrected chi connectivity index (χ3v) is 4.13. The Morgan fingerprint density at radius 1 is 1.35 bits per heavy atom. The number of nitrogens with one attached hydrogen (secondary N) is 1. The molecule has 26 heavy (non-hydrogen) atoms. The molecular formula is C19H20ClFN2O3. The summed E-state index contributed by atoms with van der Waals surface area (Å²) in [5.41, 5.74) is 0.438. The van der Waals surface area contributed by atoms with E-state index in [4.69, 9.17) is 21.1 Å². The Kier molecular flexibility index (Phi) is 4.56. The third-order valence-electron chi connectivity index (χ3n) is 3.94. The topological polar surface area (TPSA) is 60.5 Å². The van der Waals surface area contributed by atoms with E-state index in [1.807, 2.05) is 6.92 Å². The van der Waals surface area contributed by atoms with Gasteiger partial charge in [0.1, 0.15) is 34.4 Å². The SMILES string of the molecule is CC(C)(C)OC(=O)N[C@@]1(C)COc2c1cc(Cl)nc2-c1ccc(F)cc1. The molecule has 0 aliphatic carbocycles. The van der Waals surface area contributed by atoms with Gasteiger partial charge in [0.25, 0.3) is 0 Å². The molecule has 1 aliphatic rings. The Morgan fingerprint density at radius 2 is 2.00 bits per heavy atom. The zero-order valence-corrected chi connectivity index (χ0v) is 15.8. The van der Waals surface area contributed by atoms with Gasteiger partial charge in [-0.2, -0.15) is 0 Å². The van der Waals surface area contributed by atoms with Crippen molar-refractivity contribution < 1.29 is 18.7 Å². The van der Waals surface area contributed by atoms with Crippen molar-refractivity contribution >= 4 is 17.7 Å². The van der Waals surface area contributed by atoms with Crippen LogP contribution in [0.5, 0.6) is 5.75 Å². The number of carbonyl (C=O) groups excluding carboxylic acids is 1. The monoisotopic (exact) mass is 378 g/mol. The number of alkyl carbamates (subject to hydrolysis) is 1. The summed E-state index contributed by atoms with van der Waals surface area (Å²) in [6.07, 6.45) is -0.548. The molecule has 2 aromatic rings. The number of pyridine rings is 1. The summed E-state index contributed by atoms with van der Waals surface area (Å²) in [5.74, 6) is 0.171. The van der Waals surface area contributed by atoms with Gasteiger partial charge in [-0.05, 0) is 58.0 Å². The average Bonchev–Trinajstić information content (AvgIpc) is 2.82. The first-order chi connectivity index (χ1) is 12.1. The Hall–Kier alpha value is -2.34. The molecular weight excluding hydrogens is 359 g/mol. The number of rotatable bonds is 2. The first-order valence-corrected chi connectivity index (χ1v) is 8.56. The molecule has 5 nitrogen and oxygen atoms in total. The number of fused-ring (bicyclic) bond motifs is 1. The zero-order chi connectivity index (χ0) is 19.1. The van der Waals surface area contributed by atoms with E-state index in [1.54, 1.807) is 39.0 Å². The summed E-state index contributed by atoms with van der Waals surface area (Å²) in [7, 11) is 0. The lowest BCUT2D eigenvalue weighted by Crippen LogP contribution is -2.46. The van der Waals surface area contributed by atoms with Crippen molar-refractivity contribution in [2.45, 2.75) is 38.8 Å². The fourth-order valence-electron chi connectivity index (χ4n) is 2.79. The molecule has 7 heteroatoms. The highest BCUT2D eigenvalue weighted by atomic mass is 35.5. The van der Waals surface area contributed by atoms with Crippen LogP contribution in [0, 0.1) is 5.82 Å². The van der Waals surface area contributed by atoms with Crippen LogP contribution in [0.25, 0.3) is 11.3 Å². The first kappa shape index (κ1) is 18.5. The molecule has 0 spiro atoms. The van der Waals surface area contributed by atoms with Crippen molar-refractivity contribution in [3.8, 4) is 17.0 Å². The van der Waals surface area contributed by atoms with Crippen molar-refractivity contribution in [1.29, 1.82) is 0 Å². The fourth-order valence-corrected chi connectivity index (χ4v) is 2.98. The normalized spacial score (nSPS) is 18.8. The lowest BCUT2D eigenvalue weighted by Gasteiger charge is -2.27. The maximum atomic E-state index is 13.2. The Morgan fingerprint density at radius 3 is 2.62 bits per heavy atom. The van der Waals surface area contributed by atoms with Gasteiger partial charge in [-0.25, -0.2) is 14.2 Å². The van der Waals surface area contributed by atoms with Crippen molar-refractivity contribution in [2.75, 3.05) is 6.61 Å². The second kappa shape index (κ2) is 6.43. The van der Waals surface area contributed by atoms with Crippen LogP contribution >= 0.6 is 11.6 Å². The first-order valence-electron chi connectivity index (χ1n) is 8.18. The van der Waals surface area contributed by atoms with Crippen LogP contribution in [-0.2, 0) is 10.3 Å². The zero-order valence-electron chi connectivity index (χ0n) is 15.0. The predicted octanol–water partition coefficient (Wildman–Crippen LogP) is 4.67. The molecule has 0 fully saturated rings. The van der Waals surface area contributed by atoms with Crippen molar-refractivity contribution in [2.24, 2.45) is 0 Å². The molecule has 0 saturated heterocycles. The number of hydrogen-bond donors (Lipinski definition) is 1. The number of hydrogen-bond acceptors (Lipinski definition) is 4. The predicted molar refractivity (Wildman–Crippen MR) is 96.9 cm³/mol. The van der Waals surface area contributed by atoms with Crippen LogP contribution in [0.2, 0.25) is 5.15 Å². The smallest absolute Gasteiger partial charge is 0.408 e. The lowest BCUT2D eigenvalue weighted by atomic mass is 9.94. The van der Waals surface area contributed by atoms with Gasteiger partial charge in [-0.1, -0.05) is 11.6 Å². The van der Waals surface area contributed by atoms with Gasteiger partial charge in [-0.15, -0.1) is 0 Å². The van der Waals surface area contributed by atoms with E-state index < -0.39 is 17.2 Å². The largest absolute Gasteiger partial charge is 0.488 e. The van der Waals surface area contributed by atoms with Gasteiger partial charge in [-0.3, -0.25) is 0 Å². The van der Waals surface area contributed by atoms with Gasteiger partial charge in [0.05, 0.1) is 0 Å². The summed E-state index contributed by atoms with van der Waals surface area (Å²) in [5, 5.41) is 3.11. The molecule has 0 bridgehead atoms. The maximum Gasteiger partial charge on any atom is 0.408 e. The van der Waals surface area contributed by atoms with Crippen molar-refractivity contribution in [3.63, 3.8) is 0 Å². The molecule has 1 amide bonds.